The average molecular weight is 229 g/mol. The van der Waals surface area contributed by atoms with Crippen LogP contribution in [0.1, 0.15) is 0 Å². The smallest absolute Gasteiger partial charge is 0.209 e. The Hall–Kier alpha value is -1.10. The molecule has 1 N–H and O–H groups in total. The Labute approximate surface area is 76.6 Å². The lowest BCUT2D eigenvalue weighted by molar-refractivity contribution is -0.530. The van der Waals surface area contributed by atoms with Crippen molar-refractivity contribution in [3.05, 3.63) is 33.3 Å². The second-order valence-corrected chi connectivity index (χ2v) is 3.47. The number of fused-ring (bicyclic) bond motifs is 1. The molecule has 0 atom stereocenters. The van der Waals surface area contributed by atoms with E-state index in [0.29, 0.717) is 0 Å². The Morgan fingerprint density at radius 1 is 1.58 bits per heavy atom. The molecular weight excluding hydrogens is 222 g/mol. The Morgan fingerprint density at radius 3 is 3.08 bits per heavy atom. The number of hydrogen-bond donors (Lipinski definition) is 1. The van der Waals surface area contributed by atoms with E-state index in [1.807, 2.05) is 12.1 Å². The standard InChI is InChI=1S/C7H6BrN3O/c1-10-7(12)11-4-5(8)2-3-6(11)9-10/h2-4H,1H3/p+1. The SMILES string of the molecule is Cn1[nH]c2ccc(Br)c[n+]2c1=O. The number of nitrogens with zero attached hydrogens (tertiary/aromatic N) is 2. The van der Waals surface area contributed by atoms with E-state index in [9.17, 15) is 4.79 Å². The summed E-state index contributed by atoms with van der Waals surface area (Å²) in [6.45, 7) is 0. The van der Waals surface area contributed by atoms with Crippen molar-refractivity contribution in [1.82, 2.24) is 9.78 Å². The van der Waals surface area contributed by atoms with Crippen LogP contribution in [0.25, 0.3) is 5.65 Å². The summed E-state index contributed by atoms with van der Waals surface area (Å²) in [6.07, 6.45) is 1.73. The third-order valence-corrected chi connectivity index (χ3v) is 2.16. The molecule has 4 nitrogen and oxygen atoms in total. The van der Waals surface area contributed by atoms with Gasteiger partial charge in [-0.15, -0.1) is 4.68 Å². The van der Waals surface area contributed by atoms with Crippen molar-refractivity contribution in [3.8, 4) is 0 Å². The molecule has 2 heterocycles. The summed E-state index contributed by atoms with van der Waals surface area (Å²) in [4.78, 5) is 11.4. The van der Waals surface area contributed by atoms with Gasteiger partial charge >= 0.3 is 5.69 Å². The van der Waals surface area contributed by atoms with Gasteiger partial charge in [-0.2, -0.15) is 9.50 Å². The zero-order chi connectivity index (χ0) is 8.72. The van der Waals surface area contributed by atoms with Crippen molar-refractivity contribution in [1.29, 1.82) is 0 Å². The van der Waals surface area contributed by atoms with E-state index >= 15 is 0 Å². The van der Waals surface area contributed by atoms with Crippen LogP contribution in [0.4, 0.5) is 0 Å². The second kappa shape index (κ2) is 2.45. The number of pyridine rings is 1. The molecule has 2 aromatic rings. The van der Waals surface area contributed by atoms with Gasteiger partial charge in [0.25, 0.3) is 5.65 Å². The monoisotopic (exact) mass is 228 g/mol. The van der Waals surface area contributed by atoms with E-state index in [2.05, 4.69) is 21.0 Å². The van der Waals surface area contributed by atoms with Crippen molar-refractivity contribution in [2.75, 3.05) is 0 Å². The fourth-order valence-electron chi connectivity index (χ4n) is 1.11. The molecule has 62 valence electrons. The number of rotatable bonds is 0. The number of halogens is 1. The predicted octanol–water partition coefficient (Wildman–Crippen LogP) is 0.215. The normalized spacial score (nSPS) is 10.8. The van der Waals surface area contributed by atoms with E-state index < -0.39 is 0 Å². The minimum Gasteiger partial charge on any atom is -0.209 e. The molecule has 0 spiro atoms. The summed E-state index contributed by atoms with van der Waals surface area (Å²) in [6, 6.07) is 3.72. The van der Waals surface area contributed by atoms with Crippen LogP contribution in [0, 0.1) is 0 Å². The fraction of sp³-hybridized carbons (Fsp3) is 0.143. The summed E-state index contributed by atoms with van der Waals surface area (Å²) in [7, 11) is 1.68. The zero-order valence-electron chi connectivity index (χ0n) is 6.41. The summed E-state index contributed by atoms with van der Waals surface area (Å²) in [5, 5.41) is 2.90. The van der Waals surface area contributed by atoms with E-state index in [-0.39, 0.29) is 5.69 Å². The molecule has 2 rings (SSSR count). The summed E-state index contributed by atoms with van der Waals surface area (Å²) in [5.41, 5.74) is 0.706. The minimum atomic E-state index is -0.0775. The third kappa shape index (κ3) is 0.972. The molecule has 0 saturated carbocycles. The van der Waals surface area contributed by atoms with Gasteiger partial charge in [0.05, 0.1) is 13.2 Å². The van der Waals surface area contributed by atoms with E-state index in [0.717, 1.165) is 10.1 Å². The first-order valence-corrected chi connectivity index (χ1v) is 4.24. The number of aromatic amines is 1. The quantitative estimate of drug-likeness (QED) is 0.645. The van der Waals surface area contributed by atoms with E-state index in [1.165, 1.54) is 4.68 Å². The molecule has 0 amide bonds. The highest BCUT2D eigenvalue weighted by atomic mass is 79.9. The third-order valence-electron chi connectivity index (χ3n) is 1.69. The molecule has 0 aliphatic rings. The van der Waals surface area contributed by atoms with Crippen molar-refractivity contribution >= 4 is 21.6 Å². The van der Waals surface area contributed by atoms with Gasteiger partial charge in [-0.3, -0.25) is 0 Å². The first-order valence-electron chi connectivity index (χ1n) is 3.44. The summed E-state index contributed by atoms with van der Waals surface area (Å²) in [5.74, 6) is 0. The Bertz CT molecular complexity index is 485. The van der Waals surface area contributed by atoms with Gasteiger partial charge in [0, 0.05) is 10.5 Å². The zero-order valence-corrected chi connectivity index (χ0v) is 8.00. The largest absolute Gasteiger partial charge is 0.475 e. The Kier molecular flexibility index (Phi) is 1.54. The first kappa shape index (κ1) is 7.54. The molecule has 0 radical (unpaired) electrons. The maximum absolute atomic E-state index is 11.4. The Balaban J connectivity index is 2.98. The van der Waals surface area contributed by atoms with Crippen LogP contribution in [0.3, 0.4) is 0 Å². The fourth-order valence-corrected chi connectivity index (χ4v) is 1.44. The first-order chi connectivity index (χ1) is 5.68. The van der Waals surface area contributed by atoms with Crippen LogP contribution in [-0.4, -0.2) is 9.78 Å². The molecule has 0 aromatic carbocycles. The van der Waals surface area contributed by atoms with Gasteiger partial charge in [-0.05, 0) is 22.0 Å². The lowest BCUT2D eigenvalue weighted by Crippen LogP contribution is -2.39. The van der Waals surface area contributed by atoms with Gasteiger partial charge < -0.3 is 0 Å². The minimum absolute atomic E-state index is 0.0775. The van der Waals surface area contributed by atoms with E-state index in [4.69, 9.17) is 0 Å². The maximum Gasteiger partial charge on any atom is 0.475 e. The van der Waals surface area contributed by atoms with Crippen LogP contribution in [0.2, 0.25) is 0 Å². The number of nitrogens with one attached hydrogen (secondary N) is 1. The molecule has 0 fully saturated rings. The van der Waals surface area contributed by atoms with Crippen molar-refractivity contribution < 1.29 is 4.40 Å². The van der Waals surface area contributed by atoms with Crippen LogP contribution in [0.5, 0.6) is 0 Å². The van der Waals surface area contributed by atoms with Crippen molar-refractivity contribution in [2.45, 2.75) is 0 Å². The summed E-state index contributed by atoms with van der Waals surface area (Å²) >= 11 is 3.29. The highest BCUT2D eigenvalue weighted by Crippen LogP contribution is 2.04. The summed E-state index contributed by atoms with van der Waals surface area (Å²) < 4.78 is 3.86. The highest BCUT2D eigenvalue weighted by Gasteiger charge is 2.09. The molecule has 5 heteroatoms. The number of H-pyrrole nitrogens is 1. The number of hydrogen-bond acceptors (Lipinski definition) is 1. The van der Waals surface area contributed by atoms with Gasteiger partial charge in [0.15, 0.2) is 0 Å². The molecule has 0 unspecified atom stereocenters. The second-order valence-electron chi connectivity index (χ2n) is 2.56. The molecular formula is C7H7BrN3O+. The Morgan fingerprint density at radius 2 is 2.33 bits per heavy atom. The lowest BCUT2D eigenvalue weighted by atomic mass is 10.5. The molecule has 0 aliphatic heterocycles. The van der Waals surface area contributed by atoms with Crippen molar-refractivity contribution in [3.63, 3.8) is 0 Å². The lowest BCUT2D eigenvalue weighted by Gasteiger charge is -1.84. The van der Waals surface area contributed by atoms with Crippen LogP contribution >= 0.6 is 15.9 Å². The van der Waals surface area contributed by atoms with Gasteiger partial charge in [-0.25, -0.2) is 4.79 Å². The topological polar surface area (TPSA) is 41.9 Å². The molecule has 12 heavy (non-hydrogen) atoms. The van der Waals surface area contributed by atoms with E-state index in [1.54, 1.807) is 17.6 Å². The molecule has 0 bridgehead atoms. The van der Waals surface area contributed by atoms with Gasteiger partial charge in [0.2, 0.25) is 0 Å². The molecule has 2 aromatic heterocycles. The predicted molar refractivity (Wildman–Crippen MR) is 46.9 cm³/mol. The average Bonchev–Trinajstić information content (AvgIpc) is 2.31. The van der Waals surface area contributed by atoms with Crippen LogP contribution in [0.15, 0.2) is 27.6 Å². The molecule has 0 aliphatic carbocycles. The van der Waals surface area contributed by atoms with Gasteiger partial charge in [0.1, 0.15) is 0 Å². The van der Waals surface area contributed by atoms with Crippen LogP contribution in [-0.2, 0) is 7.05 Å². The number of aromatic nitrogens is 3. The molecule has 0 saturated heterocycles. The number of aryl methyl sites for hydroxylation is 1. The highest BCUT2D eigenvalue weighted by molar-refractivity contribution is 9.10. The maximum atomic E-state index is 11.4. The van der Waals surface area contributed by atoms with Gasteiger partial charge in [-0.1, -0.05) is 0 Å². The van der Waals surface area contributed by atoms with Crippen molar-refractivity contribution in [2.24, 2.45) is 7.05 Å². The van der Waals surface area contributed by atoms with Crippen LogP contribution < -0.4 is 10.1 Å².